The van der Waals surface area contributed by atoms with Gasteiger partial charge < -0.3 is 24.6 Å². The first-order valence-electron chi connectivity index (χ1n) is 7.69. The smallest absolute Gasteiger partial charge is 0.0928 e. The van der Waals surface area contributed by atoms with E-state index in [1.165, 1.54) is 19.3 Å². The summed E-state index contributed by atoms with van der Waals surface area (Å²) in [5.41, 5.74) is 0. The van der Waals surface area contributed by atoms with Crippen LogP contribution in [0.3, 0.4) is 0 Å². The summed E-state index contributed by atoms with van der Waals surface area (Å²) in [4.78, 5) is 0. The van der Waals surface area contributed by atoms with E-state index in [1.54, 1.807) is 14.2 Å². The van der Waals surface area contributed by atoms with Gasteiger partial charge >= 0.3 is 0 Å². The zero-order valence-electron chi connectivity index (χ0n) is 13.1. The number of nitrogens with one attached hydrogen (secondary N) is 1. The summed E-state index contributed by atoms with van der Waals surface area (Å²) in [6.07, 6.45) is 4.79. The second-order valence-electron chi connectivity index (χ2n) is 5.76. The van der Waals surface area contributed by atoms with Crippen LogP contribution in [0.15, 0.2) is 0 Å². The third-order valence-electron chi connectivity index (χ3n) is 3.97. The molecular weight excluding hydrogens is 258 g/mol. The SMILES string of the molecule is COCC(CNCC(O)COC1CCCCC1C)OC. The van der Waals surface area contributed by atoms with Crippen LogP contribution in [0.5, 0.6) is 0 Å². The molecule has 0 bridgehead atoms. The summed E-state index contributed by atoms with van der Waals surface area (Å²) >= 11 is 0. The summed E-state index contributed by atoms with van der Waals surface area (Å²) < 4.78 is 16.1. The first kappa shape index (κ1) is 17.9. The largest absolute Gasteiger partial charge is 0.389 e. The Morgan fingerprint density at radius 2 is 1.90 bits per heavy atom. The molecule has 0 aromatic rings. The minimum absolute atomic E-state index is 0.0199. The van der Waals surface area contributed by atoms with Crippen molar-refractivity contribution >= 4 is 0 Å². The van der Waals surface area contributed by atoms with Crippen LogP contribution in [0, 0.1) is 5.92 Å². The summed E-state index contributed by atoms with van der Waals surface area (Å²) in [5, 5.41) is 13.1. The van der Waals surface area contributed by atoms with Crippen LogP contribution in [-0.4, -0.2) is 63.9 Å². The standard InChI is InChI=1S/C15H31NO4/c1-12-6-4-5-7-15(12)20-10-13(17)8-16-9-14(19-3)11-18-2/h12-17H,4-11H2,1-3H3. The van der Waals surface area contributed by atoms with Crippen molar-refractivity contribution in [2.75, 3.05) is 40.5 Å². The van der Waals surface area contributed by atoms with Crippen LogP contribution in [0.2, 0.25) is 0 Å². The Morgan fingerprint density at radius 1 is 1.15 bits per heavy atom. The van der Waals surface area contributed by atoms with Gasteiger partial charge in [0, 0.05) is 27.3 Å². The zero-order chi connectivity index (χ0) is 14.8. The molecule has 5 heteroatoms. The number of hydrogen-bond donors (Lipinski definition) is 2. The Kier molecular flexibility index (Phi) is 9.39. The molecule has 1 saturated carbocycles. The van der Waals surface area contributed by atoms with Gasteiger partial charge in [-0.3, -0.25) is 0 Å². The zero-order valence-corrected chi connectivity index (χ0v) is 13.1. The molecule has 0 amide bonds. The summed E-state index contributed by atoms with van der Waals surface area (Å²) in [5.74, 6) is 0.614. The molecule has 4 atom stereocenters. The maximum Gasteiger partial charge on any atom is 0.0928 e. The third kappa shape index (κ3) is 6.99. The minimum atomic E-state index is -0.468. The molecule has 20 heavy (non-hydrogen) atoms. The van der Waals surface area contributed by atoms with E-state index in [0.717, 1.165) is 6.42 Å². The molecule has 0 aromatic heterocycles. The molecule has 0 radical (unpaired) electrons. The van der Waals surface area contributed by atoms with Crippen LogP contribution >= 0.6 is 0 Å². The molecule has 4 unspecified atom stereocenters. The van der Waals surface area contributed by atoms with Gasteiger partial charge in [-0.05, 0) is 18.8 Å². The molecule has 0 aromatic carbocycles. The van der Waals surface area contributed by atoms with E-state index in [4.69, 9.17) is 14.2 Å². The fourth-order valence-corrected chi connectivity index (χ4v) is 2.63. The Balaban J connectivity index is 2.08. The van der Waals surface area contributed by atoms with Crippen molar-refractivity contribution in [1.29, 1.82) is 0 Å². The average molecular weight is 289 g/mol. The summed E-state index contributed by atoms with van der Waals surface area (Å²) in [6.45, 7) is 4.38. The monoisotopic (exact) mass is 289 g/mol. The van der Waals surface area contributed by atoms with Crippen LogP contribution < -0.4 is 5.32 Å². The van der Waals surface area contributed by atoms with E-state index < -0.39 is 6.10 Å². The minimum Gasteiger partial charge on any atom is -0.389 e. The fourth-order valence-electron chi connectivity index (χ4n) is 2.63. The van der Waals surface area contributed by atoms with Crippen molar-refractivity contribution in [3.8, 4) is 0 Å². The van der Waals surface area contributed by atoms with E-state index in [1.807, 2.05) is 0 Å². The predicted octanol–water partition coefficient (Wildman–Crippen LogP) is 1.19. The number of aliphatic hydroxyl groups excluding tert-OH is 1. The van der Waals surface area contributed by atoms with Gasteiger partial charge in [0.2, 0.25) is 0 Å². The normalized spacial score (nSPS) is 26.4. The second kappa shape index (κ2) is 10.5. The van der Waals surface area contributed by atoms with Gasteiger partial charge in [-0.2, -0.15) is 0 Å². The molecule has 0 saturated heterocycles. The van der Waals surface area contributed by atoms with E-state index >= 15 is 0 Å². The van der Waals surface area contributed by atoms with Crippen molar-refractivity contribution in [3.63, 3.8) is 0 Å². The van der Waals surface area contributed by atoms with Gasteiger partial charge in [0.1, 0.15) is 0 Å². The van der Waals surface area contributed by atoms with Crippen LogP contribution in [0.4, 0.5) is 0 Å². The maximum atomic E-state index is 9.92. The van der Waals surface area contributed by atoms with Gasteiger partial charge in [0.25, 0.3) is 0 Å². The van der Waals surface area contributed by atoms with Gasteiger partial charge in [0.15, 0.2) is 0 Å². The maximum absolute atomic E-state index is 9.92. The average Bonchev–Trinajstić information content (AvgIpc) is 2.45. The van der Waals surface area contributed by atoms with Crippen LogP contribution in [-0.2, 0) is 14.2 Å². The second-order valence-corrected chi connectivity index (χ2v) is 5.76. The lowest BCUT2D eigenvalue weighted by molar-refractivity contribution is -0.0461. The van der Waals surface area contributed by atoms with Crippen molar-refractivity contribution < 1.29 is 19.3 Å². The topological polar surface area (TPSA) is 60.0 Å². The first-order chi connectivity index (χ1) is 9.67. The van der Waals surface area contributed by atoms with Gasteiger partial charge in [-0.15, -0.1) is 0 Å². The highest BCUT2D eigenvalue weighted by atomic mass is 16.5. The van der Waals surface area contributed by atoms with E-state index in [0.29, 0.717) is 38.3 Å². The lowest BCUT2D eigenvalue weighted by atomic mass is 9.88. The Labute approximate surface area is 123 Å². The summed E-state index contributed by atoms with van der Waals surface area (Å²) in [7, 11) is 3.31. The van der Waals surface area contributed by atoms with E-state index in [9.17, 15) is 5.11 Å². The van der Waals surface area contributed by atoms with Crippen molar-refractivity contribution in [1.82, 2.24) is 5.32 Å². The van der Waals surface area contributed by atoms with Crippen LogP contribution in [0.1, 0.15) is 32.6 Å². The highest BCUT2D eigenvalue weighted by Crippen LogP contribution is 2.26. The Hall–Kier alpha value is -0.200. The molecule has 1 aliphatic rings. The van der Waals surface area contributed by atoms with Crippen molar-refractivity contribution in [3.05, 3.63) is 0 Å². The molecule has 120 valence electrons. The van der Waals surface area contributed by atoms with Crippen molar-refractivity contribution in [2.24, 2.45) is 5.92 Å². The molecule has 1 aliphatic carbocycles. The van der Waals surface area contributed by atoms with Gasteiger partial charge in [0.05, 0.1) is 31.5 Å². The number of ether oxygens (including phenoxy) is 3. The number of aliphatic hydroxyl groups is 1. The molecule has 5 nitrogen and oxygen atoms in total. The lowest BCUT2D eigenvalue weighted by Crippen LogP contribution is -2.38. The highest BCUT2D eigenvalue weighted by molar-refractivity contribution is 4.73. The number of methoxy groups -OCH3 is 2. The summed E-state index contributed by atoms with van der Waals surface area (Å²) in [6, 6.07) is 0. The van der Waals surface area contributed by atoms with Gasteiger partial charge in [-0.1, -0.05) is 19.8 Å². The Morgan fingerprint density at radius 3 is 2.55 bits per heavy atom. The van der Waals surface area contributed by atoms with E-state index in [-0.39, 0.29) is 6.10 Å². The Bertz CT molecular complexity index is 240. The highest BCUT2D eigenvalue weighted by Gasteiger charge is 2.22. The quantitative estimate of drug-likeness (QED) is 0.633. The fraction of sp³-hybridized carbons (Fsp3) is 1.00. The van der Waals surface area contributed by atoms with E-state index in [2.05, 4.69) is 12.2 Å². The molecule has 2 N–H and O–H groups in total. The molecule has 1 rings (SSSR count). The first-order valence-corrected chi connectivity index (χ1v) is 7.69. The van der Waals surface area contributed by atoms with Crippen molar-refractivity contribution in [2.45, 2.75) is 50.9 Å². The molecule has 0 aliphatic heterocycles. The molecule has 0 spiro atoms. The van der Waals surface area contributed by atoms with Crippen LogP contribution in [0.25, 0.3) is 0 Å². The predicted molar refractivity (Wildman–Crippen MR) is 78.9 cm³/mol. The van der Waals surface area contributed by atoms with Gasteiger partial charge in [-0.25, -0.2) is 0 Å². The molecule has 1 fully saturated rings. The molecular formula is C15H31NO4. The lowest BCUT2D eigenvalue weighted by Gasteiger charge is -2.29. The number of rotatable bonds is 10. The number of hydrogen-bond acceptors (Lipinski definition) is 5. The third-order valence-corrected chi connectivity index (χ3v) is 3.97. The molecule has 0 heterocycles.